The molecular weight excluding hydrogens is 464 g/mol. The number of carbonyl (C=O) groups is 2. The maximum absolute atomic E-state index is 12.3. The molecule has 1 fully saturated rings. The lowest BCUT2D eigenvalue weighted by Crippen LogP contribution is -2.37. The van der Waals surface area contributed by atoms with Crippen LogP contribution in [0.25, 0.3) is 10.9 Å². The van der Waals surface area contributed by atoms with Gasteiger partial charge in [-0.05, 0) is 31.2 Å². The summed E-state index contributed by atoms with van der Waals surface area (Å²) in [4.78, 5) is 28.0. The lowest BCUT2D eigenvalue weighted by Gasteiger charge is -2.17. The molecule has 2 heterocycles. The highest BCUT2D eigenvalue weighted by Crippen LogP contribution is 2.33. The molecule has 0 radical (unpaired) electrons. The fraction of sp³-hybridized carbons (Fsp3) is 0.174. The van der Waals surface area contributed by atoms with Crippen molar-refractivity contribution >= 4 is 32.7 Å². The predicted octanol–water partition coefficient (Wildman–Crippen LogP) is 1.51. The number of nitrogens with one attached hydrogen (secondary N) is 1. The second-order valence-electron chi connectivity index (χ2n) is 7.76. The largest absolute Gasteiger partial charge is 0.505 e. The molecular formula is C23H20N2O8S. The van der Waals surface area contributed by atoms with E-state index in [-0.39, 0.29) is 27.8 Å². The molecule has 0 spiro atoms. The molecule has 3 atom stereocenters. The third-order valence-electron chi connectivity index (χ3n) is 5.23. The molecule has 0 bridgehead atoms. The molecule has 10 nitrogen and oxygen atoms in total. The van der Waals surface area contributed by atoms with Gasteiger partial charge in [-0.1, -0.05) is 35.9 Å². The van der Waals surface area contributed by atoms with E-state index in [0.717, 1.165) is 11.6 Å². The van der Waals surface area contributed by atoms with Gasteiger partial charge in [-0.3, -0.25) is 14.1 Å². The maximum Gasteiger partial charge on any atom is 0.294 e. The molecule has 2 aromatic carbocycles. The zero-order valence-electron chi connectivity index (χ0n) is 17.7. The summed E-state index contributed by atoms with van der Waals surface area (Å²) in [7, 11) is -4.02. The summed E-state index contributed by atoms with van der Waals surface area (Å²) in [6.45, 7) is 1.84. The van der Waals surface area contributed by atoms with Crippen molar-refractivity contribution in [3.8, 4) is 5.75 Å². The van der Waals surface area contributed by atoms with Gasteiger partial charge in [0.25, 0.3) is 16.0 Å². The number of aliphatic hydroxyl groups is 1. The van der Waals surface area contributed by atoms with E-state index in [1.165, 1.54) is 18.2 Å². The Kier molecular flexibility index (Phi) is 6.19. The first-order chi connectivity index (χ1) is 16.0. The topological polar surface area (TPSA) is 166 Å². The zero-order chi connectivity index (χ0) is 24.6. The highest BCUT2D eigenvalue weighted by molar-refractivity contribution is 7.85. The van der Waals surface area contributed by atoms with Gasteiger partial charge in [-0.25, -0.2) is 4.98 Å². The van der Waals surface area contributed by atoms with Gasteiger partial charge in [0.1, 0.15) is 24.1 Å². The minimum Gasteiger partial charge on any atom is -0.505 e. The van der Waals surface area contributed by atoms with E-state index >= 15 is 0 Å². The summed E-state index contributed by atoms with van der Waals surface area (Å²) < 4.78 is 34.6. The molecule has 34 heavy (non-hydrogen) atoms. The Morgan fingerprint density at radius 3 is 2.47 bits per heavy atom. The van der Waals surface area contributed by atoms with Gasteiger partial charge in [-0.2, -0.15) is 8.42 Å². The summed E-state index contributed by atoms with van der Waals surface area (Å²) in [5.74, 6) is -1.28. The smallest absolute Gasteiger partial charge is 0.294 e. The molecule has 1 aromatic heterocycles. The molecule has 176 valence electrons. The second kappa shape index (κ2) is 8.95. The lowest BCUT2D eigenvalue weighted by molar-refractivity contribution is -0.116. The van der Waals surface area contributed by atoms with Crippen molar-refractivity contribution in [1.82, 2.24) is 10.3 Å². The number of ketones is 1. The third kappa shape index (κ3) is 4.97. The molecule has 5 rings (SSSR count). The molecule has 2 aliphatic rings. The third-order valence-corrected chi connectivity index (χ3v) is 6.10. The number of nitrogens with zero attached hydrogens (tertiary/aromatic N) is 1. The van der Waals surface area contributed by atoms with Crippen molar-refractivity contribution in [2.75, 3.05) is 0 Å². The number of aromatic nitrogens is 1. The van der Waals surface area contributed by atoms with Gasteiger partial charge in [0.15, 0.2) is 11.5 Å². The Morgan fingerprint density at radius 1 is 1.12 bits per heavy atom. The van der Waals surface area contributed by atoms with Crippen LogP contribution in [-0.2, 0) is 19.6 Å². The average Bonchev–Trinajstić information content (AvgIpc) is 3.59. The van der Waals surface area contributed by atoms with E-state index in [2.05, 4.69) is 10.3 Å². The number of carbonyl (C=O) groups excluding carboxylic acids is 2. The van der Waals surface area contributed by atoms with Gasteiger partial charge >= 0.3 is 0 Å². The molecule has 1 saturated heterocycles. The average molecular weight is 484 g/mol. The lowest BCUT2D eigenvalue weighted by atomic mass is 10.0. The van der Waals surface area contributed by atoms with E-state index < -0.39 is 34.3 Å². The van der Waals surface area contributed by atoms with Gasteiger partial charge in [0, 0.05) is 11.5 Å². The fourth-order valence-electron chi connectivity index (χ4n) is 3.37. The van der Waals surface area contributed by atoms with Crippen LogP contribution in [0.4, 0.5) is 0 Å². The number of hydrogen-bond acceptors (Lipinski definition) is 8. The summed E-state index contributed by atoms with van der Waals surface area (Å²) >= 11 is 0. The van der Waals surface area contributed by atoms with Crippen LogP contribution < -0.4 is 5.32 Å². The minimum absolute atomic E-state index is 0.0492. The van der Waals surface area contributed by atoms with Crippen molar-refractivity contribution in [2.24, 2.45) is 0 Å². The molecule has 4 N–H and O–H groups in total. The molecule has 0 saturated carbocycles. The van der Waals surface area contributed by atoms with Crippen molar-refractivity contribution < 1.29 is 37.5 Å². The number of ether oxygens (including phenoxy) is 1. The Labute approximate surface area is 194 Å². The first-order valence-corrected chi connectivity index (χ1v) is 11.5. The number of fused-ring (bicyclic) bond motifs is 2. The van der Waals surface area contributed by atoms with Gasteiger partial charge < -0.3 is 20.3 Å². The number of pyridine rings is 1. The van der Waals surface area contributed by atoms with Gasteiger partial charge in [0.05, 0.1) is 16.1 Å². The Morgan fingerprint density at radius 2 is 1.79 bits per heavy atom. The van der Waals surface area contributed by atoms with E-state index in [0.29, 0.717) is 10.9 Å². The molecule has 11 heteroatoms. The van der Waals surface area contributed by atoms with Crippen molar-refractivity contribution in [2.45, 2.75) is 30.1 Å². The van der Waals surface area contributed by atoms with Crippen LogP contribution in [0.5, 0.6) is 5.75 Å². The highest BCUT2D eigenvalue weighted by atomic mass is 32.2. The Balaban J connectivity index is 0.000000210. The SMILES string of the molecule is Cc1ccc(S(=O)(=O)O)cc1.O=C(NC1=CC(=O)C2OC2C1O)c1nc2ccccc2cc1O. The van der Waals surface area contributed by atoms with E-state index in [9.17, 15) is 28.2 Å². The van der Waals surface area contributed by atoms with Crippen LogP contribution in [-0.4, -0.2) is 58.2 Å². The normalized spacial score (nSPS) is 21.1. The van der Waals surface area contributed by atoms with Crippen LogP contribution in [0, 0.1) is 6.92 Å². The molecule has 1 aliphatic carbocycles. The summed E-state index contributed by atoms with van der Waals surface area (Å²) in [6.07, 6.45) is -1.16. The number of amides is 1. The van der Waals surface area contributed by atoms with Crippen LogP contribution in [0.3, 0.4) is 0 Å². The summed E-state index contributed by atoms with van der Waals surface area (Å²) in [5.41, 5.74) is 1.38. The van der Waals surface area contributed by atoms with Crippen molar-refractivity contribution in [1.29, 1.82) is 0 Å². The Bertz CT molecular complexity index is 1420. The number of aromatic hydroxyl groups is 1. The maximum atomic E-state index is 12.3. The quantitative estimate of drug-likeness (QED) is 0.318. The Hall–Kier alpha value is -3.64. The van der Waals surface area contributed by atoms with Gasteiger partial charge in [-0.15, -0.1) is 0 Å². The standard InChI is InChI=1S/C16H12N2O5.C7H8O3S/c19-10-5-7-3-1-2-4-8(7)17-12(10)16(22)18-9-6-11(20)14-15(23-14)13(9)21;1-6-2-4-7(5-3-6)11(8,9)10/h1-6,13-15,19,21H,(H,18,22);2-5H,1H3,(H,8,9,10). The number of benzene rings is 2. The van der Waals surface area contributed by atoms with E-state index in [1.54, 1.807) is 36.4 Å². The second-order valence-corrected chi connectivity index (χ2v) is 9.18. The van der Waals surface area contributed by atoms with Crippen LogP contribution >= 0.6 is 0 Å². The van der Waals surface area contributed by atoms with Crippen LogP contribution in [0.15, 0.2) is 71.3 Å². The number of para-hydroxylation sites is 1. The summed E-state index contributed by atoms with van der Waals surface area (Å²) in [5, 5.41) is 23.1. The van der Waals surface area contributed by atoms with Crippen molar-refractivity contribution in [3.05, 3.63) is 77.6 Å². The van der Waals surface area contributed by atoms with Gasteiger partial charge in [0.2, 0.25) is 0 Å². The van der Waals surface area contributed by atoms with Crippen molar-refractivity contribution in [3.63, 3.8) is 0 Å². The van der Waals surface area contributed by atoms with E-state index in [4.69, 9.17) is 9.29 Å². The molecule has 1 amide bonds. The molecule has 1 aliphatic heterocycles. The monoisotopic (exact) mass is 484 g/mol. The first-order valence-electron chi connectivity index (χ1n) is 10.1. The number of aryl methyl sites for hydroxylation is 1. The first kappa shape index (κ1) is 23.5. The minimum atomic E-state index is -4.02. The molecule has 3 unspecified atom stereocenters. The predicted molar refractivity (Wildman–Crippen MR) is 120 cm³/mol. The number of rotatable bonds is 3. The fourth-order valence-corrected chi connectivity index (χ4v) is 3.85. The highest BCUT2D eigenvalue weighted by Gasteiger charge is 2.53. The van der Waals surface area contributed by atoms with E-state index in [1.807, 2.05) is 6.92 Å². The number of aliphatic hydroxyl groups excluding tert-OH is 1. The molecule has 3 aromatic rings. The zero-order valence-corrected chi connectivity index (χ0v) is 18.6. The van der Waals surface area contributed by atoms with Crippen LogP contribution in [0.2, 0.25) is 0 Å². The van der Waals surface area contributed by atoms with Crippen LogP contribution in [0.1, 0.15) is 16.1 Å². The summed E-state index contributed by atoms with van der Waals surface area (Å²) in [6, 6.07) is 14.5. The number of epoxide rings is 1. The number of hydrogen-bond donors (Lipinski definition) is 4.